The van der Waals surface area contributed by atoms with Crippen LogP contribution in [-0.2, 0) is 0 Å². The molecule has 0 unspecified atom stereocenters. The van der Waals surface area contributed by atoms with Gasteiger partial charge in [0.05, 0.1) is 13.7 Å². The molecule has 120 valence electrons. The van der Waals surface area contributed by atoms with Crippen LogP contribution in [0.1, 0.15) is 0 Å². The number of para-hydroxylation sites is 2. The van der Waals surface area contributed by atoms with Crippen molar-refractivity contribution in [3.05, 3.63) is 48.5 Å². The van der Waals surface area contributed by atoms with Crippen LogP contribution >= 0.6 is 0 Å². The molecule has 0 aliphatic carbocycles. The van der Waals surface area contributed by atoms with E-state index in [4.69, 9.17) is 14.2 Å². The molecule has 2 N–H and O–H groups in total. The number of fused-ring (bicyclic) bond motifs is 1. The van der Waals surface area contributed by atoms with Gasteiger partial charge in [-0.3, -0.25) is 0 Å². The quantitative estimate of drug-likeness (QED) is 0.910. The summed E-state index contributed by atoms with van der Waals surface area (Å²) < 4.78 is 16.5. The highest BCUT2D eigenvalue weighted by Gasteiger charge is 2.20. The van der Waals surface area contributed by atoms with Gasteiger partial charge in [-0.1, -0.05) is 18.2 Å². The van der Waals surface area contributed by atoms with Crippen LogP contribution < -0.4 is 24.8 Å². The lowest BCUT2D eigenvalue weighted by Gasteiger charge is -2.26. The first-order valence-corrected chi connectivity index (χ1v) is 7.32. The highest BCUT2D eigenvalue weighted by atomic mass is 16.6. The molecule has 3 rings (SSSR count). The maximum atomic E-state index is 11.9. The molecule has 1 aliphatic rings. The van der Waals surface area contributed by atoms with Crippen LogP contribution in [0.15, 0.2) is 48.5 Å². The monoisotopic (exact) mass is 314 g/mol. The average Bonchev–Trinajstić information content (AvgIpc) is 2.60. The number of methoxy groups -OCH3 is 1. The molecule has 2 aromatic rings. The molecule has 6 nitrogen and oxygen atoms in total. The first-order valence-electron chi connectivity index (χ1n) is 7.32. The van der Waals surface area contributed by atoms with Gasteiger partial charge in [-0.15, -0.1) is 0 Å². The number of hydrogen-bond donors (Lipinski definition) is 2. The summed E-state index contributed by atoms with van der Waals surface area (Å²) in [5.74, 6) is 2.10. The Bertz CT molecular complexity index is 690. The molecule has 0 fully saturated rings. The molecule has 0 radical (unpaired) electrons. The first kappa shape index (κ1) is 15.0. The third-order valence-corrected chi connectivity index (χ3v) is 3.39. The van der Waals surface area contributed by atoms with Crippen molar-refractivity contribution in [3.8, 4) is 17.2 Å². The number of carbonyl (C=O) groups excluding carboxylic acids is 1. The van der Waals surface area contributed by atoms with E-state index in [0.29, 0.717) is 30.3 Å². The van der Waals surface area contributed by atoms with Crippen molar-refractivity contribution in [1.29, 1.82) is 0 Å². The van der Waals surface area contributed by atoms with Crippen molar-refractivity contribution in [1.82, 2.24) is 5.32 Å². The molecular weight excluding hydrogens is 296 g/mol. The normalized spacial score (nSPS) is 15.6. The minimum Gasteiger partial charge on any atom is -0.497 e. The second-order valence-corrected chi connectivity index (χ2v) is 5.06. The van der Waals surface area contributed by atoms with Crippen LogP contribution in [0.4, 0.5) is 10.5 Å². The fourth-order valence-corrected chi connectivity index (χ4v) is 2.25. The standard InChI is InChI=1S/C17H18N2O4/c1-21-13-6-4-5-12(9-13)19-17(20)18-10-14-11-22-15-7-2-3-8-16(15)23-14/h2-9,14H,10-11H2,1H3,(H2,18,19,20)/t14-/m1/s1. The van der Waals surface area contributed by atoms with Crippen molar-refractivity contribution < 1.29 is 19.0 Å². The molecule has 2 amide bonds. The fourth-order valence-electron chi connectivity index (χ4n) is 2.25. The highest BCUT2D eigenvalue weighted by molar-refractivity contribution is 5.89. The zero-order valence-corrected chi connectivity index (χ0v) is 12.7. The molecule has 2 aromatic carbocycles. The fraction of sp³-hybridized carbons (Fsp3) is 0.235. The smallest absolute Gasteiger partial charge is 0.319 e. The van der Waals surface area contributed by atoms with Crippen LogP contribution in [-0.4, -0.2) is 32.4 Å². The maximum absolute atomic E-state index is 11.9. The number of urea groups is 1. The van der Waals surface area contributed by atoms with Crippen molar-refractivity contribution in [3.63, 3.8) is 0 Å². The summed E-state index contributed by atoms with van der Waals surface area (Å²) in [6.45, 7) is 0.751. The topological polar surface area (TPSA) is 68.8 Å². The van der Waals surface area contributed by atoms with Crippen LogP contribution in [0, 0.1) is 0 Å². The van der Waals surface area contributed by atoms with E-state index in [-0.39, 0.29) is 12.1 Å². The molecule has 0 saturated carbocycles. The van der Waals surface area contributed by atoms with Crippen LogP contribution in [0.5, 0.6) is 17.2 Å². The van der Waals surface area contributed by atoms with Gasteiger partial charge in [0, 0.05) is 11.8 Å². The second kappa shape index (κ2) is 6.91. The number of anilines is 1. The van der Waals surface area contributed by atoms with Gasteiger partial charge in [-0.2, -0.15) is 0 Å². The van der Waals surface area contributed by atoms with Gasteiger partial charge in [0.2, 0.25) is 0 Å². The Labute approximate surface area is 134 Å². The van der Waals surface area contributed by atoms with Crippen molar-refractivity contribution in [2.75, 3.05) is 25.6 Å². The van der Waals surface area contributed by atoms with E-state index in [1.807, 2.05) is 36.4 Å². The Hall–Kier alpha value is -2.89. The van der Waals surface area contributed by atoms with Gasteiger partial charge in [0.15, 0.2) is 17.6 Å². The van der Waals surface area contributed by atoms with Crippen LogP contribution in [0.2, 0.25) is 0 Å². The van der Waals surface area contributed by atoms with Gasteiger partial charge in [0.1, 0.15) is 12.4 Å². The Balaban J connectivity index is 1.50. The molecule has 1 atom stereocenters. The van der Waals surface area contributed by atoms with E-state index in [0.717, 1.165) is 5.75 Å². The number of nitrogens with one attached hydrogen (secondary N) is 2. The molecule has 1 aliphatic heterocycles. The van der Waals surface area contributed by atoms with Crippen molar-refractivity contribution in [2.24, 2.45) is 0 Å². The molecule has 6 heteroatoms. The number of rotatable bonds is 4. The summed E-state index contributed by atoms with van der Waals surface area (Å²) in [5, 5.41) is 5.52. The Morgan fingerprint density at radius 3 is 2.87 bits per heavy atom. The van der Waals surface area contributed by atoms with Gasteiger partial charge >= 0.3 is 6.03 Å². The van der Waals surface area contributed by atoms with E-state index in [1.165, 1.54) is 0 Å². The van der Waals surface area contributed by atoms with E-state index < -0.39 is 0 Å². The van der Waals surface area contributed by atoms with Crippen LogP contribution in [0.3, 0.4) is 0 Å². The Morgan fingerprint density at radius 1 is 1.22 bits per heavy atom. The third-order valence-electron chi connectivity index (χ3n) is 3.39. The molecule has 0 aromatic heterocycles. The SMILES string of the molecule is COc1cccc(NC(=O)NC[C@@H]2COc3ccccc3O2)c1. The Kier molecular flexibility index (Phi) is 4.52. The predicted octanol–water partition coefficient (Wildman–Crippen LogP) is 2.66. The summed E-state index contributed by atoms with van der Waals surface area (Å²) >= 11 is 0. The average molecular weight is 314 g/mol. The van der Waals surface area contributed by atoms with Crippen LogP contribution in [0.25, 0.3) is 0 Å². The first-order chi connectivity index (χ1) is 11.2. The zero-order valence-electron chi connectivity index (χ0n) is 12.7. The minimum absolute atomic E-state index is 0.221. The van der Waals surface area contributed by atoms with E-state index in [9.17, 15) is 4.79 Å². The van der Waals surface area contributed by atoms with E-state index in [1.54, 1.807) is 19.2 Å². The lowest BCUT2D eigenvalue weighted by Crippen LogP contribution is -2.42. The summed E-state index contributed by atoms with van der Waals surface area (Å²) in [4.78, 5) is 11.9. The lowest BCUT2D eigenvalue weighted by atomic mass is 10.2. The molecule has 0 saturated heterocycles. The summed E-state index contributed by atoms with van der Waals surface area (Å²) in [5.41, 5.74) is 0.660. The van der Waals surface area contributed by atoms with Crippen molar-refractivity contribution >= 4 is 11.7 Å². The number of amides is 2. The van der Waals surface area contributed by atoms with Gasteiger partial charge in [0.25, 0.3) is 0 Å². The zero-order chi connectivity index (χ0) is 16.1. The number of benzene rings is 2. The second-order valence-electron chi connectivity index (χ2n) is 5.06. The number of carbonyl (C=O) groups is 1. The van der Waals surface area contributed by atoms with E-state index >= 15 is 0 Å². The minimum atomic E-state index is -0.305. The molecular formula is C17H18N2O4. The maximum Gasteiger partial charge on any atom is 0.319 e. The largest absolute Gasteiger partial charge is 0.497 e. The summed E-state index contributed by atoms with van der Waals surface area (Å²) in [6, 6.07) is 14.3. The summed E-state index contributed by atoms with van der Waals surface area (Å²) in [6.07, 6.45) is -0.221. The number of hydrogen-bond acceptors (Lipinski definition) is 4. The Morgan fingerprint density at radius 2 is 2.04 bits per heavy atom. The summed E-state index contributed by atoms with van der Waals surface area (Å²) in [7, 11) is 1.58. The molecule has 23 heavy (non-hydrogen) atoms. The van der Waals surface area contributed by atoms with E-state index in [2.05, 4.69) is 10.6 Å². The van der Waals surface area contributed by atoms with Crippen molar-refractivity contribution in [2.45, 2.75) is 6.10 Å². The highest BCUT2D eigenvalue weighted by Crippen LogP contribution is 2.30. The predicted molar refractivity (Wildman–Crippen MR) is 86.4 cm³/mol. The lowest BCUT2D eigenvalue weighted by molar-refractivity contribution is 0.0922. The third kappa shape index (κ3) is 3.85. The van der Waals surface area contributed by atoms with Gasteiger partial charge < -0.3 is 24.8 Å². The molecule has 0 bridgehead atoms. The molecule has 0 spiro atoms. The number of ether oxygens (including phenoxy) is 3. The van der Waals surface area contributed by atoms with Gasteiger partial charge in [-0.05, 0) is 24.3 Å². The molecule has 1 heterocycles. The van der Waals surface area contributed by atoms with Gasteiger partial charge in [-0.25, -0.2) is 4.79 Å².